The van der Waals surface area contributed by atoms with Crippen molar-refractivity contribution >= 4 is 24.8 Å². The molecule has 1 aliphatic rings. The second-order valence-corrected chi connectivity index (χ2v) is 4.63. The van der Waals surface area contributed by atoms with Crippen LogP contribution in [-0.2, 0) is 6.54 Å². The van der Waals surface area contributed by atoms with Gasteiger partial charge in [0.2, 0.25) is 0 Å². The highest BCUT2D eigenvalue weighted by molar-refractivity contribution is 5.85. The van der Waals surface area contributed by atoms with Crippen molar-refractivity contribution in [1.82, 2.24) is 10.2 Å². The van der Waals surface area contributed by atoms with Gasteiger partial charge in [-0.3, -0.25) is 0 Å². The summed E-state index contributed by atoms with van der Waals surface area (Å²) in [5.74, 6) is 0. The zero-order chi connectivity index (χ0) is 10.7. The minimum absolute atomic E-state index is 0. The molecule has 3 nitrogen and oxygen atoms in total. The fourth-order valence-corrected chi connectivity index (χ4v) is 2.19. The summed E-state index contributed by atoms with van der Waals surface area (Å²) in [7, 11) is 4.21. The molecule has 0 radical (unpaired) electrons. The summed E-state index contributed by atoms with van der Waals surface area (Å²) in [4.78, 5) is 2.20. The van der Waals surface area contributed by atoms with E-state index in [0.29, 0.717) is 6.04 Å². The Kier molecular flexibility index (Phi) is 10.7. The van der Waals surface area contributed by atoms with Crippen molar-refractivity contribution in [3.63, 3.8) is 0 Å². The third kappa shape index (κ3) is 5.55. The van der Waals surface area contributed by atoms with E-state index in [0.717, 1.165) is 6.54 Å². The van der Waals surface area contributed by atoms with Crippen LogP contribution in [0.15, 0.2) is 24.3 Å². The average Bonchev–Trinajstić information content (AvgIpc) is 2.71. The Balaban J connectivity index is 0. The van der Waals surface area contributed by atoms with Crippen molar-refractivity contribution in [1.29, 1.82) is 0 Å². The molecule has 3 N–H and O–H groups in total. The summed E-state index contributed by atoms with van der Waals surface area (Å²) in [5, 5.41) is 3.52. The normalized spacial score (nSPS) is 17.6. The molecule has 1 unspecified atom stereocenters. The fourth-order valence-electron chi connectivity index (χ4n) is 2.19. The van der Waals surface area contributed by atoms with Crippen LogP contribution in [0.5, 0.6) is 0 Å². The van der Waals surface area contributed by atoms with Crippen LogP contribution in [0.3, 0.4) is 0 Å². The van der Waals surface area contributed by atoms with Crippen molar-refractivity contribution in [2.75, 3.05) is 20.6 Å². The maximum atomic E-state index is 3.52. The number of hydrogen-bond acceptors (Lipinski definition) is 2. The zero-order valence-electron chi connectivity index (χ0n) is 11.0. The van der Waals surface area contributed by atoms with E-state index >= 15 is 0 Å². The Labute approximate surface area is 122 Å². The van der Waals surface area contributed by atoms with Gasteiger partial charge < -0.3 is 15.7 Å². The minimum Gasteiger partial charge on any atom is -0.412 e. The lowest BCUT2D eigenvalue weighted by Crippen LogP contribution is -2.13. The van der Waals surface area contributed by atoms with E-state index in [-0.39, 0.29) is 30.3 Å². The lowest BCUT2D eigenvalue weighted by Gasteiger charge is -2.13. The van der Waals surface area contributed by atoms with Gasteiger partial charge in [0.1, 0.15) is 0 Å². The summed E-state index contributed by atoms with van der Waals surface area (Å²) in [6.07, 6.45) is 2.59. The Hall–Kier alpha value is -0.320. The van der Waals surface area contributed by atoms with Gasteiger partial charge >= 0.3 is 0 Å². The second-order valence-electron chi connectivity index (χ2n) is 4.63. The van der Waals surface area contributed by atoms with Crippen molar-refractivity contribution in [2.24, 2.45) is 0 Å². The Morgan fingerprint density at radius 1 is 1.17 bits per heavy atom. The molecule has 0 aliphatic carbocycles. The second kappa shape index (κ2) is 9.59. The van der Waals surface area contributed by atoms with Crippen LogP contribution in [0, 0.1) is 0 Å². The largest absolute Gasteiger partial charge is 0.412 e. The van der Waals surface area contributed by atoms with E-state index in [1.807, 2.05) is 0 Å². The summed E-state index contributed by atoms with van der Waals surface area (Å²) >= 11 is 0. The van der Waals surface area contributed by atoms with Crippen LogP contribution < -0.4 is 5.32 Å². The van der Waals surface area contributed by atoms with Gasteiger partial charge in [0.05, 0.1) is 0 Å². The van der Waals surface area contributed by atoms with Crippen LogP contribution in [0.25, 0.3) is 0 Å². The number of benzene rings is 1. The van der Waals surface area contributed by atoms with E-state index in [1.165, 1.54) is 30.5 Å². The highest BCUT2D eigenvalue weighted by Crippen LogP contribution is 2.23. The molecule has 1 saturated heterocycles. The summed E-state index contributed by atoms with van der Waals surface area (Å²) in [5.41, 5.74) is 2.83. The number of halogens is 2. The maximum absolute atomic E-state index is 3.52. The van der Waals surface area contributed by atoms with Gasteiger partial charge in [0.15, 0.2) is 0 Å². The van der Waals surface area contributed by atoms with Crippen LogP contribution in [0.2, 0.25) is 0 Å². The Bertz CT molecular complexity index is 311. The predicted molar refractivity (Wildman–Crippen MR) is 81.9 cm³/mol. The van der Waals surface area contributed by atoms with E-state index in [1.54, 1.807) is 0 Å². The molecule has 2 rings (SSSR count). The third-order valence-electron chi connectivity index (χ3n) is 2.94. The molecule has 0 amide bonds. The molecular formula is C13H24Cl2N2O. The number of hydrogen-bond donors (Lipinski definition) is 1. The molecule has 1 aromatic rings. The van der Waals surface area contributed by atoms with Crippen molar-refractivity contribution in [2.45, 2.75) is 25.4 Å². The minimum atomic E-state index is 0. The topological polar surface area (TPSA) is 46.8 Å². The number of nitrogens with one attached hydrogen (secondary N) is 1. The Morgan fingerprint density at radius 3 is 2.22 bits per heavy atom. The van der Waals surface area contributed by atoms with E-state index in [9.17, 15) is 0 Å². The van der Waals surface area contributed by atoms with Crippen LogP contribution in [0.1, 0.15) is 30.0 Å². The first-order chi connectivity index (χ1) is 7.25. The maximum Gasteiger partial charge on any atom is 0.0320 e. The molecule has 106 valence electrons. The third-order valence-corrected chi connectivity index (χ3v) is 2.94. The molecule has 0 aromatic heterocycles. The quantitative estimate of drug-likeness (QED) is 0.929. The first-order valence-corrected chi connectivity index (χ1v) is 5.72. The standard InChI is InChI=1S/C13H20N2.2ClH.H2O/c1-15(2)10-11-5-7-12(8-6-11)13-4-3-9-14-13;;;/h5-8,13-14H,3-4,9-10H2,1-2H3;2*1H;1H2. The number of nitrogens with zero attached hydrogens (tertiary/aromatic N) is 1. The van der Waals surface area contributed by atoms with Gasteiger partial charge in [-0.1, -0.05) is 24.3 Å². The van der Waals surface area contributed by atoms with Crippen LogP contribution in [-0.4, -0.2) is 31.0 Å². The highest BCUT2D eigenvalue weighted by atomic mass is 35.5. The molecule has 1 heterocycles. The average molecular weight is 295 g/mol. The summed E-state index contributed by atoms with van der Waals surface area (Å²) in [6.45, 7) is 2.20. The van der Waals surface area contributed by atoms with E-state index in [4.69, 9.17) is 0 Å². The van der Waals surface area contributed by atoms with Gasteiger partial charge in [-0.25, -0.2) is 0 Å². The van der Waals surface area contributed by atoms with Gasteiger partial charge in [-0.15, -0.1) is 24.8 Å². The van der Waals surface area contributed by atoms with Crippen LogP contribution >= 0.6 is 24.8 Å². The van der Waals surface area contributed by atoms with Gasteiger partial charge in [0.25, 0.3) is 0 Å². The van der Waals surface area contributed by atoms with E-state index < -0.39 is 0 Å². The van der Waals surface area contributed by atoms with Gasteiger partial charge in [-0.05, 0) is 44.6 Å². The molecule has 1 atom stereocenters. The van der Waals surface area contributed by atoms with Gasteiger partial charge in [-0.2, -0.15) is 0 Å². The molecule has 0 saturated carbocycles. The number of rotatable bonds is 3. The molecular weight excluding hydrogens is 271 g/mol. The molecule has 18 heavy (non-hydrogen) atoms. The molecule has 1 aromatic carbocycles. The summed E-state index contributed by atoms with van der Waals surface area (Å²) in [6, 6.07) is 9.62. The van der Waals surface area contributed by atoms with Gasteiger partial charge in [0, 0.05) is 12.6 Å². The van der Waals surface area contributed by atoms with Crippen LogP contribution in [0.4, 0.5) is 0 Å². The SMILES string of the molecule is CN(C)Cc1ccc(C2CCCN2)cc1.Cl.Cl.O. The van der Waals surface area contributed by atoms with Crippen molar-refractivity contribution < 1.29 is 5.48 Å². The highest BCUT2D eigenvalue weighted by Gasteiger charge is 2.15. The van der Waals surface area contributed by atoms with Crippen molar-refractivity contribution in [3.8, 4) is 0 Å². The first-order valence-electron chi connectivity index (χ1n) is 5.72. The fraction of sp³-hybridized carbons (Fsp3) is 0.538. The predicted octanol–water partition coefficient (Wildman–Crippen LogP) is 2.19. The molecule has 1 fully saturated rings. The lowest BCUT2D eigenvalue weighted by molar-refractivity contribution is 0.402. The molecule has 5 heteroatoms. The lowest BCUT2D eigenvalue weighted by atomic mass is 10.0. The smallest absolute Gasteiger partial charge is 0.0320 e. The monoisotopic (exact) mass is 294 g/mol. The zero-order valence-corrected chi connectivity index (χ0v) is 12.6. The molecule has 0 bridgehead atoms. The first kappa shape index (κ1) is 20.0. The van der Waals surface area contributed by atoms with Crippen molar-refractivity contribution in [3.05, 3.63) is 35.4 Å². The molecule has 1 aliphatic heterocycles. The Morgan fingerprint density at radius 2 is 1.78 bits per heavy atom. The molecule has 0 spiro atoms. The summed E-state index contributed by atoms with van der Waals surface area (Å²) < 4.78 is 0. The van der Waals surface area contributed by atoms with E-state index in [2.05, 4.69) is 48.6 Å².